The molecule has 3 rings (SSSR count). The minimum Gasteiger partial charge on any atom is -0.241 e. The van der Waals surface area contributed by atoms with Crippen LogP contribution >= 0.6 is 34.5 Å². The Hall–Kier alpha value is -1.56. The maximum atomic E-state index is 13.3. The normalized spacial score (nSPS) is 10.8. The van der Waals surface area contributed by atoms with E-state index in [-0.39, 0.29) is 16.1 Å². The average Bonchev–Trinajstić information content (AvgIpc) is 2.91. The highest BCUT2D eigenvalue weighted by molar-refractivity contribution is 7.13. The Morgan fingerprint density at radius 2 is 1.85 bits per heavy atom. The second-order valence-corrected chi connectivity index (χ2v) is 5.46. The van der Waals surface area contributed by atoms with Crippen molar-refractivity contribution in [2.75, 3.05) is 0 Å². The summed E-state index contributed by atoms with van der Waals surface area (Å²) in [4.78, 5) is 12.5. The van der Waals surface area contributed by atoms with Crippen LogP contribution in [-0.2, 0) is 0 Å². The van der Waals surface area contributed by atoms with E-state index in [1.807, 2.05) is 0 Å². The number of aromatic nitrogens is 3. The van der Waals surface area contributed by atoms with Crippen LogP contribution < -0.4 is 0 Å². The van der Waals surface area contributed by atoms with Gasteiger partial charge in [0.25, 0.3) is 0 Å². The number of benzene rings is 1. The molecule has 0 aliphatic carbocycles. The Labute approximate surface area is 128 Å². The summed E-state index contributed by atoms with van der Waals surface area (Å²) in [6.45, 7) is 0. The molecule has 0 aliphatic heterocycles. The lowest BCUT2D eigenvalue weighted by molar-refractivity contribution is 0.628. The first-order chi connectivity index (χ1) is 9.65. The number of rotatable bonds is 2. The number of thiazole rings is 1. The van der Waals surface area contributed by atoms with Crippen LogP contribution in [0.5, 0.6) is 0 Å². The van der Waals surface area contributed by atoms with Gasteiger partial charge in [-0.05, 0) is 17.7 Å². The fraction of sp³-hybridized carbons (Fsp3) is 0. The van der Waals surface area contributed by atoms with Gasteiger partial charge in [0.05, 0.1) is 5.56 Å². The monoisotopic (exact) mass is 325 g/mol. The van der Waals surface area contributed by atoms with E-state index in [1.54, 1.807) is 23.7 Å². The van der Waals surface area contributed by atoms with Gasteiger partial charge in [0, 0.05) is 11.6 Å². The Bertz CT molecular complexity index is 739. The molecule has 0 bridgehead atoms. The molecule has 100 valence electrons. The first-order valence-electron chi connectivity index (χ1n) is 5.54. The van der Waals surface area contributed by atoms with E-state index in [4.69, 9.17) is 23.2 Å². The molecular weight excluding hydrogens is 320 g/mol. The van der Waals surface area contributed by atoms with E-state index in [0.29, 0.717) is 22.0 Å². The molecule has 2 heterocycles. The summed E-state index contributed by atoms with van der Waals surface area (Å²) in [6.07, 6.45) is 1.64. The van der Waals surface area contributed by atoms with E-state index in [0.717, 1.165) is 0 Å². The third-order valence-electron chi connectivity index (χ3n) is 2.56. The van der Waals surface area contributed by atoms with Crippen molar-refractivity contribution < 1.29 is 4.39 Å². The summed E-state index contributed by atoms with van der Waals surface area (Å²) in [5.41, 5.74) is 0.943. The van der Waals surface area contributed by atoms with Crippen molar-refractivity contribution in [3.8, 4) is 22.0 Å². The molecule has 0 aliphatic rings. The van der Waals surface area contributed by atoms with Gasteiger partial charge < -0.3 is 0 Å². The van der Waals surface area contributed by atoms with Gasteiger partial charge >= 0.3 is 0 Å². The van der Waals surface area contributed by atoms with Crippen molar-refractivity contribution in [3.63, 3.8) is 0 Å². The van der Waals surface area contributed by atoms with Gasteiger partial charge in [0.2, 0.25) is 0 Å². The smallest absolute Gasteiger partial charge is 0.191 e. The molecule has 0 saturated heterocycles. The van der Waals surface area contributed by atoms with Gasteiger partial charge in [-0.2, -0.15) is 0 Å². The van der Waals surface area contributed by atoms with E-state index in [1.165, 1.54) is 23.5 Å². The molecule has 0 spiro atoms. The van der Waals surface area contributed by atoms with E-state index in [2.05, 4.69) is 15.0 Å². The molecule has 0 unspecified atom stereocenters. The Morgan fingerprint density at radius 3 is 2.45 bits per heavy atom. The third kappa shape index (κ3) is 2.52. The van der Waals surface area contributed by atoms with Crippen LogP contribution in [-0.4, -0.2) is 15.0 Å². The summed E-state index contributed by atoms with van der Waals surface area (Å²) < 4.78 is 13.3. The van der Waals surface area contributed by atoms with Crippen LogP contribution in [0.15, 0.2) is 35.8 Å². The highest BCUT2D eigenvalue weighted by Gasteiger charge is 2.16. The van der Waals surface area contributed by atoms with E-state index < -0.39 is 0 Å². The maximum Gasteiger partial charge on any atom is 0.191 e. The Balaban J connectivity index is 2.14. The highest BCUT2D eigenvalue weighted by atomic mass is 35.5. The zero-order valence-corrected chi connectivity index (χ0v) is 12.2. The zero-order valence-electron chi connectivity index (χ0n) is 9.85. The lowest BCUT2D eigenvalue weighted by Gasteiger charge is -2.07. The molecular formula is C13H6Cl2FN3S. The maximum absolute atomic E-state index is 13.3. The lowest BCUT2D eigenvalue weighted by Crippen LogP contribution is -1.94. The molecule has 0 atom stereocenters. The first kappa shape index (κ1) is 13.4. The largest absolute Gasteiger partial charge is 0.241 e. The second-order valence-electron chi connectivity index (χ2n) is 3.85. The van der Waals surface area contributed by atoms with Gasteiger partial charge in [-0.15, -0.1) is 11.3 Å². The minimum absolute atomic E-state index is 0.167. The van der Waals surface area contributed by atoms with Gasteiger partial charge in [0.1, 0.15) is 16.1 Å². The van der Waals surface area contributed by atoms with Gasteiger partial charge in [-0.1, -0.05) is 35.3 Å². The van der Waals surface area contributed by atoms with Crippen LogP contribution in [0.2, 0.25) is 10.3 Å². The van der Waals surface area contributed by atoms with Crippen molar-refractivity contribution in [1.82, 2.24) is 15.0 Å². The van der Waals surface area contributed by atoms with Crippen LogP contribution in [0.4, 0.5) is 4.39 Å². The van der Waals surface area contributed by atoms with E-state index in [9.17, 15) is 4.39 Å². The Morgan fingerprint density at radius 1 is 1.10 bits per heavy atom. The summed E-state index contributed by atoms with van der Waals surface area (Å²) in [5.74, 6) is -0.0196. The highest BCUT2D eigenvalue weighted by Crippen LogP contribution is 2.34. The van der Waals surface area contributed by atoms with Gasteiger partial charge in [-0.25, -0.2) is 19.3 Å². The quantitative estimate of drug-likeness (QED) is 0.640. The summed E-state index contributed by atoms with van der Waals surface area (Å²) in [5, 5.41) is 2.77. The van der Waals surface area contributed by atoms with Crippen molar-refractivity contribution in [2.24, 2.45) is 0 Å². The molecule has 0 N–H and O–H groups in total. The second kappa shape index (κ2) is 5.44. The molecule has 3 nitrogen and oxygen atoms in total. The third-order valence-corrected chi connectivity index (χ3v) is 3.87. The molecule has 0 saturated carbocycles. The number of halogens is 3. The van der Waals surface area contributed by atoms with Gasteiger partial charge in [0.15, 0.2) is 10.8 Å². The molecule has 2 aromatic heterocycles. The molecule has 7 heteroatoms. The Kier molecular flexibility index (Phi) is 3.65. The summed E-state index contributed by atoms with van der Waals surface area (Å²) in [7, 11) is 0. The summed E-state index contributed by atoms with van der Waals surface area (Å²) >= 11 is 13.7. The molecule has 20 heavy (non-hydrogen) atoms. The number of nitrogens with zero attached hydrogens (tertiary/aromatic N) is 3. The molecule has 0 fully saturated rings. The number of hydrogen-bond donors (Lipinski definition) is 0. The van der Waals surface area contributed by atoms with Crippen molar-refractivity contribution in [1.29, 1.82) is 0 Å². The van der Waals surface area contributed by atoms with Crippen molar-refractivity contribution in [2.45, 2.75) is 0 Å². The van der Waals surface area contributed by atoms with Crippen LogP contribution in [0.1, 0.15) is 0 Å². The fourth-order valence-electron chi connectivity index (χ4n) is 1.72. The first-order valence-corrected chi connectivity index (χ1v) is 7.17. The van der Waals surface area contributed by atoms with Crippen LogP contribution in [0.3, 0.4) is 0 Å². The standard InChI is InChI=1S/C13H6Cl2FN3S/c14-10-9(7-2-1-3-8(16)6-7)11(15)19-12(18-10)13-17-4-5-20-13/h1-6H. The minimum atomic E-state index is -0.376. The topological polar surface area (TPSA) is 38.7 Å². The zero-order chi connectivity index (χ0) is 14.1. The fourth-order valence-corrected chi connectivity index (χ4v) is 2.89. The van der Waals surface area contributed by atoms with Crippen molar-refractivity contribution >= 4 is 34.5 Å². The SMILES string of the molecule is Fc1cccc(-c2c(Cl)nc(-c3nccs3)nc2Cl)c1. The molecule has 0 amide bonds. The molecule has 3 aromatic rings. The molecule has 0 radical (unpaired) electrons. The summed E-state index contributed by atoms with van der Waals surface area (Å²) in [6, 6.07) is 5.95. The average molecular weight is 326 g/mol. The van der Waals surface area contributed by atoms with E-state index >= 15 is 0 Å². The van der Waals surface area contributed by atoms with Crippen LogP contribution in [0.25, 0.3) is 22.0 Å². The number of hydrogen-bond acceptors (Lipinski definition) is 4. The van der Waals surface area contributed by atoms with Crippen molar-refractivity contribution in [3.05, 3.63) is 52.0 Å². The molecule has 1 aromatic carbocycles. The van der Waals surface area contributed by atoms with Crippen LogP contribution in [0, 0.1) is 5.82 Å². The predicted octanol–water partition coefficient (Wildman–Crippen LogP) is 4.71. The van der Waals surface area contributed by atoms with Gasteiger partial charge in [-0.3, -0.25) is 0 Å². The lowest BCUT2D eigenvalue weighted by atomic mass is 10.1. The predicted molar refractivity (Wildman–Crippen MR) is 78.6 cm³/mol.